The smallest absolute Gasteiger partial charge is 0.247 e. The van der Waals surface area contributed by atoms with Gasteiger partial charge in [-0.25, -0.2) is 4.98 Å². The predicted molar refractivity (Wildman–Crippen MR) is 80.8 cm³/mol. The van der Waals surface area contributed by atoms with E-state index in [1.807, 2.05) is 40.2 Å². The Morgan fingerprint density at radius 3 is 2.60 bits per heavy atom. The van der Waals surface area contributed by atoms with Crippen molar-refractivity contribution in [1.82, 2.24) is 15.2 Å². The average Bonchev–Trinajstić information content (AvgIpc) is 2.44. The van der Waals surface area contributed by atoms with Crippen LogP contribution in [0.1, 0.15) is 32.4 Å². The van der Waals surface area contributed by atoms with E-state index >= 15 is 0 Å². The first-order valence-corrected chi connectivity index (χ1v) is 7.04. The molecule has 1 atom stereocenters. The van der Waals surface area contributed by atoms with Crippen LogP contribution in [-0.2, 0) is 4.79 Å². The molecule has 1 aromatic rings. The Balaban J connectivity index is 2.25. The lowest BCUT2D eigenvalue weighted by atomic mass is 9.97. The van der Waals surface area contributed by atoms with Crippen molar-refractivity contribution >= 4 is 11.7 Å². The van der Waals surface area contributed by atoms with Gasteiger partial charge < -0.3 is 15.1 Å². The number of hydrogen-bond acceptors (Lipinski definition) is 4. The highest BCUT2D eigenvalue weighted by Gasteiger charge is 2.41. The Bertz CT molecular complexity index is 483. The highest BCUT2D eigenvalue weighted by atomic mass is 16.2. The van der Waals surface area contributed by atoms with E-state index in [1.165, 1.54) is 0 Å². The number of hydrogen-bond donors (Lipinski definition) is 1. The molecule has 2 rings (SSSR count). The summed E-state index contributed by atoms with van der Waals surface area (Å²) in [5.41, 5.74) is 0.602. The van der Waals surface area contributed by atoms with Crippen molar-refractivity contribution in [3.05, 3.63) is 23.9 Å². The third-order valence-electron chi connectivity index (χ3n) is 4.18. The lowest BCUT2D eigenvalue weighted by Crippen LogP contribution is -2.62. The fraction of sp³-hybridized carbons (Fsp3) is 0.600. The van der Waals surface area contributed by atoms with E-state index in [4.69, 9.17) is 0 Å². The van der Waals surface area contributed by atoms with Gasteiger partial charge in [-0.1, -0.05) is 6.07 Å². The monoisotopic (exact) mass is 276 g/mol. The molecular weight excluding hydrogens is 252 g/mol. The Labute approximate surface area is 121 Å². The van der Waals surface area contributed by atoms with Crippen LogP contribution in [0.3, 0.4) is 0 Å². The second-order valence-electron chi connectivity index (χ2n) is 5.90. The molecule has 0 radical (unpaired) electrons. The summed E-state index contributed by atoms with van der Waals surface area (Å²) in [7, 11) is 3.79. The molecule has 1 unspecified atom stereocenters. The van der Waals surface area contributed by atoms with Crippen molar-refractivity contribution < 1.29 is 4.79 Å². The van der Waals surface area contributed by atoms with Crippen LogP contribution in [0.4, 0.5) is 5.82 Å². The molecule has 1 fully saturated rings. The summed E-state index contributed by atoms with van der Waals surface area (Å²) in [6, 6.07) is 4.35. The molecule has 20 heavy (non-hydrogen) atoms. The number of nitrogens with zero attached hydrogens (tertiary/aromatic N) is 3. The van der Waals surface area contributed by atoms with Crippen molar-refractivity contribution in [1.29, 1.82) is 0 Å². The van der Waals surface area contributed by atoms with Gasteiger partial charge in [-0.2, -0.15) is 0 Å². The standard InChI is InChI=1S/C15H24N4O/c1-11(16-4)12-6-7-13(17-10-12)19-9-8-18(5)14(20)15(19,2)3/h6-7,10-11,16H,8-9H2,1-5H3. The first-order valence-electron chi connectivity index (χ1n) is 7.04. The summed E-state index contributed by atoms with van der Waals surface area (Å²) >= 11 is 0. The Morgan fingerprint density at radius 2 is 2.05 bits per heavy atom. The molecule has 0 aliphatic carbocycles. The Morgan fingerprint density at radius 1 is 1.35 bits per heavy atom. The summed E-state index contributed by atoms with van der Waals surface area (Å²) in [4.78, 5) is 20.7. The fourth-order valence-electron chi connectivity index (χ4n) is 2.59. The van der Waals surface area contributed by atoms with Crippen LogP contribution >= 0.6 is 0 Å². The average molecular weight is 276 g/mol. The van der Waals surface area contributed by atoms with Gasteiger partial charge in [-0.05, 0) is 39.4 Å². The zero-order valence-electron chi connectivity index (χ0n) is 13.0. The zero-order chi connectivity index (χ0) is 14.9. The minimum Gasteiger partial charge on any atom is -0.342 e. The summed E-state index contributed by atoms with van der Waals surface area (Å²) < 4.78 is 0. The summed E-state index contributed by atoms with van der Waals surface area (Å²) in [5.74, 6) is 1.00. The first-order chi connectivity index (χ1) is 9.37. The van der Waals surface area contributed by atoms with Crippen LogP contribution in [0.5, 0.6) is 0 Å². The van der Waals surface area contributed by atoms with E-state index in [2.05, 4.69) is 28.2 Å². The maximum absolute atomic E-state index is 12.3. The molecular formula is C15H24N4O. The van der Waals surface area contributed by atoms with Gasteiger partial charge in [0.1, 0.15) is 11.4 Å². The molecule has 1 N–H and O–H groups in total. The third-order valence-corrected chi connectivity index (χ3v) is 4.18. The molecule has 0 aromatic carbocycles. The van der Waals surface area contributed by atoms with E-state index in [0.717, 1.165) is 24.5 Å². The number of anilines is 1. The van der Waals surface area contributed by atoms with Gasteiger partial charge in [0, 0.05) is 32.4 Å². The number of carbonyl (C=O) groups excluding carboxylic acids is 1. The van der Waals surface area contributed by atoms with Crippen LogP contribution in [0.15, 0.2) is 18.3 Å². The molecule has 1 aliphatic rings. The van der Waals surface area contributed by atoms with Crippen molar-refractivity contribution in [2.45, 2.75) is 32.4 Å². The number of nitrogens with one attached hydrogen (secondary N) is 1. The lowest BCUT2D eigenvalue weighted by Gasteiger charge is -2.45. The highest BCUT2D eigenvalue weighted by molar-refractivity contribution is 5.90. The second kappa shape index (κ2) is 5.40. The minimum absolute atomic E-state index is 0.137. The molecule has 2 heterocycles. The quantitative estimate of drug-likeness (QED) is 0.907. The van der Waals surface area contributed by atoms with Crippen LogP contribution in [-0.4, -0.2) is 48.5 Å². The molecule has 5 heteroatoms. The van der Waals surface area contributed by atoms with Crippen molar-refractivity contribution in [2.24, 2.45) is 0 Å². The van der Waals surface area contributed by atoms with Crippen molar-refractivity contribution in [2.75, 3.05) is 32.1 Å². The number of pyridine rings is 1. The molecule has 1 amide bonds. The van der Waals surface area contributed by atoms with Crippen molar-refractivity contribution in [3.63, 3.8) is 0 Å². The van der Waals surface area contributed by atoms with Gasteiger partial charge in [0.05, 0.1) is 0 Å². The van der Waals surface area contributed by atoms with Crippen LogP contribution in [0.2, 0.25) is 0 Å². The van der Waals surface area contributed by atoms with Crippen LogP contribution < -0.4 is 10.2 Å². The lowest BCUT2D eigenvalue weighted by molar-refractivity contribution is -0.136. The molecule has 110 valence electrons. The number of rotatable bonds is 3. The van der Waals surface area contributed by atoms with Gasteiger partial charge >= 0.3 is 0 Å². The number of aromatic nitrogens is 1. The van der Waals surface area contributed by atoms with E-state index in [-0.39, 0.29) is 11.9 Å². The molecule has 0 spiro atoms. The topological polar surface area (TPSA) is 48.5 Å². The van der Waals surface area contributed by atoms with Crippen LogP contribution in [0.25, 0.3) is 0 Å². The van der Waals surface area contributed by atoms with E-state index in [9.17, 15) is 4.79 Å². The molecule has 5 nitrogen and oxygen atoms in total. The summed E-state index contributed by atoms with van der Waals surface area (Å²) in [6.45, 7) is 7.55. The SMILES string of the molecule is CNC(C)c1ccc(N2CCN(C)C(=O)C2(C)C)nc1. The highest BCUT2D eigenvalue weighted by Crippen LogP contribution is 2.27. The fourth-order valence-corrected chi connectivity index (χ4v) is 2.59. The Kier molecular flexibility index (Phi) is 3.99. The van der Waals surface area contributed by atoms with E-state index < -0.39 is 5.54 Å². The van der Waals surface area contributed by atoms with Gasteiger partial charge in [0.25, 0.3) is 0 Å². The molecule has 1 aromatic heterocycles. The maximum atomic E-state index is 12.3. The number of amides is 1. The minimum atomic E-state index is -0.545. The van der Waals surface area contributed by atoms with Gasteiger partial charge in [-0.3, -0.25) is 4.79 Å². The number of piperazine rings is 1. The van der Waals surface area contributed by atoms with E-state index in [0.29, 0.717) is 0 Å². The molecule has 1 aliphatic heterocycles. The third kappa shape index (κ3) is 2.50. The second-order valence-corrected chi connectivity index (χ2v) is 5.90. The van der Waals surface area contributed by atoms with Gasteiger partial charge in [-0.15, -0.1) is 0 Å². The molecule has 0 saturated carbocycles. The Hall–Kier alpha value is -1.62. The van der Waals surface area contributed by atoms with Gasteiger partial charge in [0.2, 0.25) is 5.91 Å². The maximum Gasteiger partial charge on any atom is 0.247 e. The number of likely N-dealkylation sites (N-methyl/N-ethyl adjacent to an activating group) is 1. The number of carbonyl (C=O) groups is 1. The van der Waals surface area contributed by atoms with Crippen LogP contribution in [0, 0.1) is 0 Å². The predicted octanol–water partition coefficient (Wildman–Crippen LogP) is 1.42. The molecule has 1 saturated heterocycles. The first kappa shape index (κ1) is 14.8. The zero-order valence-corrected chi connectivity index (χ0v) is 13.0. The van der Waals surface area contributed by atoms with Gasteiger partial charge in [0.15, 0.2) is 0 Å². The van der Waals surface area contributed by atoms with E-state index in [1.54, 1.807) is 4.90 Å². The summed E-state index contributed by atoms with van der Waals surface area (Å²) in [6.07, 6.45) is 1.88. The largest absolute Gasteiger partial charge is 0.342 e. The normalized spacial score (nSPS) is 20.1. The summed E-state index contributed by atoms with van der Waals surface area (Å²) in [5, 5.41) is 3.19. The van der Waals surface area contributed by atoms with Crippen molar-refractivity contribution in [3.8, 4) is 0 Å². The molecule has 0 bridgehead atoms.